The van der Waals surface area contributed by atoms with Gasteiger partial charge in [-0.3, -0.25) is 0 Å². The van der Waals surface area contributed by atoms with Crippen molar-refractivity contribution in [3.05, 3.63) is 149 Å². The van der Waals surface area contributed by atoms with E-state index in [9.17, 15) is 9.90 Å². The zero-order chi connectivity index (χ0) is 31.9. The molecule has 0 aromatic heterocycles. The summed E-state index contributed by atoms with van der Waals surface area (Å²) in [6.07, 6.45) is 3.40. The summed E-state index contributed by atoms with van der Waals surface area (Å²) in [4.78, 5) is 16.4. The molecule has 2 atom stereocenters. The first-order valence-electron chi connectivity index (χ1n) is 16.3. The molecule has 0 saturated heterocycles. The quantitative estimate of drug-likeness (QED) is 0.164. The first kappa shape index (κ1) is 32.1. The Morgan fingerprint density at radius 2 is 1.33 bits per heavy atom. The van der Waals surface area contributed by atoms with E-state index in [-0.39, 0.29) is 17.1 Å². The zero-order valence-electron chi connectivity index (χ0n) is 27.2. The fourth-order valence-electron chi connectivity index (χ4n) is 6.81. The molecule has 1 N–H and O–H groups in total. The molecule has 45 heavy (non-hydrogen) atoms. The minimum Gasteiger partial charge on any atom is -0.512 e. The highest BCUT2D eigenvalue weighted by molar-refractivity contribution is 5.92. The number of anilines is 1. The minimum atomic E-state index is -0.707. The number of benzene rings is 4. The van der Waals surface area contributed by atoms with Gasteiger partial charge in [-0.1, -0.05) is 137 Å². The standard InChI is InChI=1S/C41H47NO3/c1-5-25-41(26-24-31-16-9-6-10-17-31)28-36(43)37(39(44)45-41)38(40(2,3)4)34-22-15-23-35(27-34)42(29-32-18-11-7-12-19-32)30-33-20-13-8-14-21-33/h6-23,27,38,43H,5,24-26,28-30H2,1-4H3/t38-,41+/m0/s1. The van der Waals surface area contributed by atoms with Crippen molar-refractivity contribution in [1.82, 2.24) is 0 Å². The molecule has 0 saturated carbocycles. The third kappa shape index (κ3) is 8.05. The van der Waals surface area contributed by atoms with Gasteiger partial charge in [0, 0.05) is 31.1 Å². The Morgan fingerprint density at radius 3 is 1.84 bits per heavy atom. The van der Waals surface area contributed by atoms with Crippen molar-refractivity contribution in [1.29, 1.82) is 0 Å². The van der Waals surface area contributed by atoms with Crippen LogP contribution in [0.4, 0.5) is 5.69 Å². The number of carbonyl (C=O) groups excluding carboxylic acids is 1. The second-order valence-electron chi connectivity index (χ2n) is 13.6. The number of rotatable bonds is 12. The molecular weight excluding hydrogens is 554 g/mol. The zero-order valence-corrected chi connectivity index (χ0v) is 27.2. The van der Waals surface area contributed by atoms with Crippen molar-refractivity contribution in [2.24, 2.45) is 5.41 Å². The first-order chi connectivity index (χ1) is 21.7. The Bertz CT molecular complexity index is 1530. The number of ether oxygens (including phenoxy) is 1. The fraction of sp³-hybridized carbons (Fsp3) is 0.341. The van der Waals surface area contributed by atoms with Gasteiger partial charge >= 0.3 is 5.97 Å². The second-order valence-corrected chi connectivity index (χ2v) is 13.6. The van der Waals surface area contributed by atoms with E-state index in [0.717, 1.165) is 37.2 Å². The van der Waals surface area contributed by atoms with Crippen LogP contribution in [0.5, 0.6) is 0 Å². The van der Waals surface area contributed by atoms with Gasteiger partial charge in [-0.2, -0.15) is 0 Å². The van der Waals surface area contributed by atoms with Gasteiger partial charge in [0.05, 0.1) is 5.57 Å². The predicted molar refractivity (Wildman–Crippen MR) is 184 cm³/mol. The molecule has 4 aromatic rings. The lowest BCUT2D eigenvalue weighted by atomic mass is 9.70. The number of hydrogen-bond donors (Lipinski definition) is 1. The number of aliphatic hydroxyl groups is 1. The summed E-state index contributed by atoms with van der Waals surface area (Å²) in [5, 5.41) is 11.7. The maximum atomic E-state index is 14.0. The number of cyclic esters (lactones) is 1. The summed E-state index contributed by atoms with van der Waals surface area (Å²) < 4.78 is 6.39. The van der Waals surface area contributed by atoms with Gasteiger partial charge in [-0.15, -0.1) is 0 Å². The monoisotopic (exact) mass is 601 g/mol. The maximum Gasteiger partial charge on any atom is 0.338 e. The molecule has 4 aromatic carbocycles. The molecule has 234 valence electrons. The van der Waals surface area contributed by atoms with Crippen molar-refractivity contribution >= 4 is 11.7 Å². The lowest BCUT2D eigenvalue weighted by Gasteiger charge is -2.41. The van der Waals surface area contributed by atoms with Crippen molar-refractivity contribution in [2.45, 2.75) is 84.4 Å². The molecule has 4 heteroatoms. The lowest BCUT2D eigenvalue weighted by Crippen LogP contribution is -2.43. The van der Waals surface area contributed by atoms with Gasteiger partial charge in [-0.25, -0.2) is 4.79 Å². The van der Waals surface area contributed by atoms with Gasteiger partial charge in [0.2, 0.25) is 0 Å². The van der Waals surface area contributed by atoms with Gasteiger partial charge in [0.15, 0.2) is 0 Å². The molecule has 0 aliphatic carbocycles. The van der Waals surface area contributed by atoms with Gasteiger partial charge < -0.3 is 14.7 Å². The largest absolute Gasteiger partial charge is 0.512 e. The highest BCUT2D eigenvalue weighted by Gasteiger charge is 2.46. The minimum absolute atomic E-state index is 0.170. The number of nitrogens with zero attached hydrogens (tertiary/aromatic N) is 1. The van der Waals surface area contributed by atoms with E-state index in [1.165, 1.54) is 16.7 Å². The van der Waals surface area contributed by atoms with Crippen molar-refractivity contribution in [3.63, 3.8) is 0 Å². The van der Waals surface area contributed by atoms with Crippen LogP contribution in [0.3, 0.4) is 0 Å². The van der Waals surface area contributed by atoms with Crippen LogP contribution in [0.2, 0.25) is 0 Å². The molecular formula is C41H47NO3. The van der Waals surface area contributed by atoms with Crippen molar-refractivity contribution < 1.29 is 14.6 Å². The van der Waals surface area contributed by atoms with E-state index in [1.54, 1.807) is 0 Å². The Kier molecular flexibility index (Phi) is 10.1. The van der Waals surface area contributed by atoms with Crippen LogP contribution in [-0.2, 0) is 29.0 Å². The van der Waals surface area contributed by atoms with E-state index >= 15 is 0 Å². The van der Waals surface area contributed by atoms with E-state index in [2.05, 4.69) is 118 Å². The van der Waals surface area contributed by atoms with Crippen LogP contribution in [0.15, 0.2) is 127 Å². The summed E-state index contributed by atoms with van der Waals surface area (Å²) in [7, 11) is 0. The van der Waals surface area contributed by atoms with Crippen LogP contribution in [-0.4, -0.2) is 16.7 Å². The lowest BCUT2D eigenvalue weighted by molar-refractivity contribution is -0.161. The number of carbonyl (C=O) groups is 1. The fourth-order valence-corrected chi connectivity index (χ4v) is 6.81. The molecule has 1 aliphatic rings. The summed E-state index contributed by atoms with van der Waals surface area (Å²) >= 11 is 0. The molecule has 4 nitrogen and oxygen atoms in total. The molecule has 0 fully saturated rings. The SMILES string of the molecule is CCC[C@@]1(CCc2ccccc2)CC(O)=C([C@H](c2cccc(N(Cc3ccccc3)Cc3ccccc3)c2)C(C)(C)C)C(=O)O1. The average molecular weight is 602 g/mol. The average Bonchev–Trinajstić information content (AvgIpc) is 3.03. The Balaban J connectivity index is 1.49. The summed E-state index contributed by atoms with van der Waals surface area (Å²) in [5.41, 5.74) is 5.07. The number of hydrogen-bond acceptors (Lipinski definition) is 4. The van der Waals surface area contributed by atoms with Crippen LogP contribution in [0, 0.1) is 5.41 Å². The van der Waals surface area contributed by atoms with E-state index in [4.69, 9.17) is 4.74 Å². The van der Waals surface area contributed by atoms with Crippen molar-refractivity contribution in [3.8, 4) is 0 Å². The molecule has 0 spiro atoms. The highest BCUT2D eigenvalue weighted by atomic mass is 16.6. The van der Waals surface area contributed by atoms with Crippen LogP contribution in [0.25, 0.3) is 0 Å². The molecule has 0 radical (unpaired) electrons. The molecule has 0 unspecified atom stereocenters. The molecule has 1 heterocycles. The Morgan fingerprint density at radius 1 is 0.778 bits per heavy atom. The second kappa shape index (κ2) is 14.2. The molecule has 5 rings (SSSR count). The van der Waals surface area contributed by atoms with Crippen molar-refractivity contribution in [2.75, 3.05) is 4.90 Å². The van der Waals surface area contributed by atoms with Gasteiger partial charge in [0.25, 0.3) is 0 Å². The normalized spacial score (nSPS) is 17.6. The summed E-state index contributed by atoms with van der Waals surface area (Å²) in [5.74, 6) is -0.562. The third-order valence-electron chi connectivity index (χ3n) is 8.90. The highest BCUT2D eigenvalue weighted by Crippen LogP contribution is 2.47. The van der Waals surface area contributed by atoms with E-state index in [0.29, 0.717) is 24.8 Å². The first-order valence-corrected chi connectivity index (χ1v) is 16.3. The smallest absolute Gasteiger partial charge is 0.338 e. The van der Waals surface area contributed by atoms with Crippen LogP contribution in [0.1, 0.15) is 81.5 Å². The summed E-state index contributed by atoms with van der Waals surface area (Å²) in [6.45, 7) is 9.99. The van der Waals surface area contributed by atoms with Gasteiger partial charge in [0.1, 0.15) is 11.4 Å². The number of aryl methyl sites for hydroxylation is 1. The van der Waals surface area contributed by atoms with Gasteiger partial charge in [-0.05, 0) is 59.1 Å². The Hall–Kier alpha value is -4.31. The van der Waals surface area contributed by atoms with E-state index < -0.39 is 11.6 Å². The number of aliphatic hydroxyl groups excluding tert-OH is 1. The third-order valence-corrected chi connectivity index (χ3v) is 8.90. The molecule has 1 aliphatic heterocycles. The predicted octanol–water partition coefficient (Wildman–Crippen LogP) is 9.95. The topological polar surface area (TPSA) is 49.8 Å². The molecule has 0 bridgehead atoms. The summed E-state index contributed by atoms with van der Waals surface area (Å²) in [6, 6.07) is 39.8. The number of esters is 1. The van der Waals surface area contributed by atoms with Crippen LogP contribution < -0.4 is 4.90 Å². The van der Waals surface area contributed by atoms with E-state index in [1.807, 2.05) is 30.3 Å². The van der Waals surface area contributed by atoms with Crippen LogP contribution >= 0.6 is 0 Å². The molecule has 0 amide bonds. The Labute approximate surface area is 269 Å². The maximum absolute atomic E-state index is 14.0.